The molecule has 0 aromatic heterocycles. The van der Waals surface area contributed by atoms with E-state index in [1.54, 1.807) is 42.5 Å². The summed E-state index contributed by atoms with van der Waals surface area (Å²) < 4.78 is 0. The number of ketones is 1. The van der Waals surface area contributed by atoms with Gasteiger partial charge in [-0.2, -0.15) is 0 Å². The van der Waals surface area contributed by atoms with E-state index in [2.05, 4.69) is 0 Å². The van der Waals surface area contributed by atoms with E-state index >= 15 is 0 Å². The monoisotopic (exact) mass is 288 g/mol. The molecular weight excluding hydrogens is 272 g/mol. The molecule has 20 heavy (non-hydrogen) atoms. The van der Waals surface area contributed by atoms with Gasteiger partial charge >= 0.3 is 0 Å². The van der Waals surface area contributed by atoms with Gasteiger partial charge in [0, 0.05) is 16.1 Å². The predicted octanol–water partition coefficient (Wildman–Crippen LogP) is 4.57. The molecule has 0 heterocycles. The molecule has 0 radical (unpaired) electrons. The predicted molar refractivity (Wildman–Crippen MR) is 81.7 cm³/mol. The summed E-state index contributed by atoms with van der Waals surface area (Å²) in [5.74, 6) is 0.109. The molecule has 104 valence electrons. The van der Waals surface area contributed by atoms with Crippen LogP contribution in [-0.4, -0.2) is 10.9 Å². The molecule has 0 fully saturated rings. The van der Waals surface area contributed by atoms with Gasteiger partial charge in [-0.15, -0.1) is 0 Å². The summed E-state index contributed by atoms with van der Waals surface area (Å²) in [6, 6.07) is 11.8. The Hall–Kier alpha value is -1.80. The zero-order valence-corrected chi connectivity index (χ0v) is 12.5. The van der Waals surface area contributed by atoms with Crippen LogP contribution in [0.5, 0.6) is 5.75 Å². The number of aromatic hydroxyl groups is 1. The second-order valence-corrected chi connectivity index (χ2v) is 6.26. The smallest absolute Gasteiger partial charge is 0.193 e. The first-order chi connectivity index (χ1) is 9.29. The van der Waals surface area contributed by atoms with Crippen LogP contribution < -0.4 is 0 Å². The number of hydrogen-bond donors (Lipinski definition) is 1. The molecule has 0 amide bonds. The fourth-order valence-corrected chi connectivity index (χ4v) is 2.26. The van der Waals surface area contributed by atoms with Crippen molar-refractivity contribution in [3.63, 3.8) is 0 Å². The third-order valence-electron chi connectivity index (χ3n) is 3.15. The van der Waals surface area contributed by atoms with Crippen LogP contribution in [0.4, 0.5) is 0 Å². The van der Waals surface area contributed by atoms with Crippen LogP contribution in [0.25, 0.3) is 0 Å². The number of phenols is 1. The molecule has 0 spiro atoms. The Balaban J connectivity index is 2.46. The SMILES string of the molecule is CC(C)(C)c1cc(C(=O)c2cccc(Cl)c2)ccc1O. The zero-order chi connectivity index (χ0) is 14.9. The minimum Gasteiger partial charge on any atom is -0.508 e. The van der Waals surface area contributed by atoms with Crippen LogP contribution >= 0.6 is 11.6 Å². The quantitative estimate of drug-likeness (QED) is 0.822. The van der Waals surface area contributed by atoms with Crippen molar-refractivity contribution in [1.29, 1.82) is 0 Å². The van der Waals surface area contributed by atoms with Crippen LogP contribution in [0.2, 0.25) is 5.02 Å². The lowest BCUT2D eigenvalue weighted by Gasteiger charge is -2.21. The largest absolute Gasteiger partial charge is 0.508 e. The molecular formula is C17H17ClO2. The molecule has 0 bridgehead atoms. The normalized spacial score (nSPS) is 11.4. The second kappa shape index (κ2) is 5.29. The summed E-state index contributed by atoms with van der Waals surface area (Å²) in [5, 5.41) is 10.5. The van der Waals surface area contributed by atoms with E-state index in [9.17, 15) is 9.90 Å². The van der Waals surface area contributed by atoms with Crippen LogP contribution in [0, 0.1) is 0 Å². The number of halogens is 1. The van der Waals surface area contributed by atoms with Crippen molar-refractivity contribution in [2.24, 2.45) is 0 Å². The molecule has 0 saturated carbocycles. The Morgan fingerprint density at radius 1 is 1.05 bits per heavy atom. The zero-order valence-electron chi connectivity index (χ0n) is 11.8. The average molecular weight is 289 g/mol. The standard InChI is InChI=1S/C17H17ClO2/c1-17(2,3)14-10-12(7-8-15(14)19)16(20)11-5-4-6-13(18)9-11/h4-10,19H,1-3H3. The molecule has 0 aliphatic heterocycles. The molecule has 0 unspecified atom stereocenters. The van der Waals surface area contributed by atoms with E-state index in [0.29, 0.717) is 16.1 Å². The maximum absolute atomic E-state index is 12.4. The van der Waals surface area contributed by atoms with Crippen LogP contribution in [-0.2, 0) is 5.41 Å². The molecule has 0 aliphatic carbocycles. The minimum atomic E-state index is -0.227. The Bertz CT molecular complexity index is 654. The van der Waals surface area contributed by atoms with Gasteiger partial charge in [0.2, 0.25) is 0 Å². The lowest BCUT2D eigenvalue weighted by molar-refractivity contribution is 0.103. The van der Waals surface area contributed by atoms with E-state index in [1.165, 1.54) is 0 Å². The Labute approximate surface area is 124 Å². The molecule has 0 atom stereocenters. The highest BCUT2D eigenvalue weighted by atomic mass is 35.5. The molecule has 2 rings (SSSR count). The first-order valence-corrected chi connectivity index (χ1v) is 6.80. The molecule has 0 aliphatic rings. The summed E-state index contributed by atoms with van der Waals surface area (Å²) in [5.41, 5.74) is 1.62. The molecule has 0 saturated heterocycles. The van der Waals surface area contributed by atoms with Gasteiger partial charge < -0.3 is 5.11 Å². The summed E-state index contributed by atoms with van der Waals surface area (Å²) in [6.45, 7) is 5.99. The number of carbonyl (C=O) groups excluding carboxylic acids is 1. The lowest BCUT2D eigenvalue weighted by Crippen LogP contribution is -2.13. The summed E-state index contributed by atoms with van der Waals surface area (Å²) in [4.78, 5) is 12.4. The summed E-state index contributed by atoms with van der Waals surface area (Å²) in [7, 11) is 0. The third-order valence-corrected chi connectivity index (χ3v) is 3.39. The van der Waals surface area contributed by atoms with Crippen LogP contribution in [0.15, 0.2) is 42.5 Å². The maximum atomic E-state index is 12.4. The molecule has 2 nitrogen and oxygen atoms in total. The highest BCUT2D eigenvalue weighted by Gasteiger charge is 2.20. The van der Waals surface area contributed by atoms with Crippen molar-refractivity contribution < 1.29 is 9.90 Å². The van der Waals surface area contributed by atoms with E-state index in [1.807, 2.05) is 20.8 Å². The number of carbonyl (C=O) groups is 1. The minimum absolute atomic E-state index is 0.0991. The van der Waals surface area contributed by atoms with Gasteiger partial charge in [-0.05, 0) is 41.3 Å². The van der Waals surface area contributed by atoms with E-state index in [-0.39, 0.29) is 16.9 Å². The lowest BCUT2D eigenvalue weighted by atomic mass is 9.84. The second-order valence-electron chi connectivity index (χ2n) is 5.82. The van der Waals surface area contributed by atoms with E-state index < -0.39 is 0 Å². The molecule has 3 heteroatoms. The fraction of sp³-hybridized carbons (Fsp3) is 0.235. The van der Waals surface area contributed by atoms with E-state index in [4.69, 9.17) is 11.6 Å². The van der Waals surface area contributed by atoms with Gasteiger partial charge in [0.25, 0.3) is 0 Å². The van der Waals surface area contributed by atoms with Crippen LogP contribution in [0.1, 0.15) is 42.3 Å². The Morgan fingerprint density at radius 2 is 1.70 bits per heavy atom. The highest BCUT2D eigenvalue weighted by Crippen LogP contribution is 2.31. The van der Waals surface area contributed by atoms with Crippen molar-refractivity contribution in [2.75, 3.05) is 0 Å². The van der Waals surface area contributed by atoms with Crippen molar-refractivity contribution in [3.05, 3.63) is 64.2 Å². The van der Waals surface area contributed by atoms with Crippen molar-refractivity contribution >= 4 is 17.4 Å². The van der Waals surface area contributed by atoms with Crippen molar-refractivity contribution in [1.82, 2.24) is 0 Å². The average Bonchev–Trinajstić information content (AvgIpc) is 2.37. The van der Waals surface area contributed by atoms with E-state index in [0.717, 1.165) is 5.56 Å². The van der Waals surface area contributed by atoms with Crippen LogP contribution in [0.3, 0.4) is 0 Å². The number of phenolic OH excluding ortho intramolecular Hbond substituents is 1. The summed E-state index contributed by atoms with van der Waals surface area (Å²) >= 11 is 5.91. The van der Waals surface area contributed by atoms with Gasteiger partial charge in [-0.3, -0.25) is 4.79 Å². The number of hydrogen-bond acceptors (Lipinski definition) is 2. The van der Waals surface area contributed by atoms with Gasteiger partial charge in [0.05, 0.1) is 0 Å². The van der Waals surface area contributed by atoms with Crippen molar-refractivity contribution in [2.45, 2.75) is 26.2 Å². The van der Waals surface area contributed by atoms with Crippen molar-refractivity contribution in [3.8, 4) is 5.75 Å². The molecule has 1 N–H and O–H groups in total. The molecule has 2 aromatic carbocycles. The maximum Gasteiger partial charge on any atom is 0.193 e. The third kappa shape index (κ3) is 3.02. The van der Waals surface area contributed by atoms with Gasteiger partial charge in [0.15, 0.2) is 5.78 Å². The van der Waals surface area contributed by atoms with Gasteiger partial charge in [-0.25, -0.2) is 0 Å². The van der Waals surface area contributed by atoms with Gasteiger partial charge in [0.1, 0.15) is 5.75 Å². The van der Waals surface area contributed by atoms with Gasteiger partial charge in [-0.1, -0.05) is 44.5 Å². The Morgan fingerprint density at radius 3 is 2.30 bits per heavy atom. The first kappa shape index (κ1) is 14.6. The molecule has 2 aromatic rings. The highest BCUT2D eigenvalue weighted by molar-refractivity contribution is 6.31. The first-order valence-electron chi connectivity index (χ1n) is 6.43. The fourth-order valence-electron chi connectivity index (χ4n) is 2.07. The number of benzene rings is 2. The summed E-state index contributed by atoms with van der Waals surface area (Å²) in [6.07, 6.45) is 0. The topological polar surface area (TPSA) is 37.3 Å². The number of rotatable bonds is 2. The Kier molecular flexibility index (Phi) is 3.87.